The largest absolute Gasteiger partial charge is 0.481 e. The highest BCUT2D eigenvalue weighted by Crippen LogP contribution is 2.26. The first-order valence-corrected chi connectivity index (χ1v) is 15.6. The van der Waals surface area contributed by atoms with Crippen LogP contribution in [0.4, 0.5) is 5.69 Å². The zero-order chi connectivity index (χ0) is 33.3. The summed E-state index contributed by atoms with van der Waals surface area (Å²) in [7, 11) is 0. The Morgan fingerprint density at radius 2 is 1.50 bits per heavy atom. The SMILES string of the molecule is C=C1C=CC(=O)N1CCCCCC(N)=O.O=C(O)CCCCCNC(=O)CCC(=O)N1Cc2ccccc2C#Cc2ccccc21. The normalized spacial score (nSPS) is 12.9. The highest BCUT2D eigenvalue weighted by molar-refractivity contribution is 5.97. The third kappa shape index (κ3) is 11.7. The minimum absolute atomic E-state index is 0.00472. The van der Waals surface area contributed by atoms with E-state index in [1.807, 2.05) is 48.5 Å². The van der Waals surface area contributed by atoms with Crippen molar-refractivity contribution in [3.05, 3.63) is 89.6 Å². The van der Waals surface area contributed by atoms with Crippen LogP contribution in [0.5, 0.6) is 0 Å². The number of fused-ring (bicyclic) bond motifs is 2. The van der Waals surface area contributed by atoms with Gasteiger partial charge in [-0.05, 0) is 55.5 Å². The van der Waals surface area contributed by atoms with Crippen molar-refractivity contribution < 1.29 is 29.1 Å². The van der Waals surface area contributed by atoms with Gasteiger partial charge in [0.25, 0.3) is 5.91 Å². The fourth-order valence-electron chi connectivity index (χ4n) is 4.95. The van der Waals surface area contributed by atoms with E-state index >= 15 is 0 Å². The molecule has 0 saturated heterocycles. The van der Waals surface area contributed by atoms with Gasteiger partial charge in [-0.15, -0.1) is 0 Å². The Bertz CT molecular complexity index is 1500. The molecular formula is C36H42N4O6. The zero-order valence-corrected chi connectivity index (χ0v) is 26.1. The molecule has 2 aromatic rings. The molecule has 2 aliphatic heterocycles. The number of nitrogens with two attached hydrogens (primary N) is 1. The number of nitrogens with zero attached hydrogens (tertiary/aromatic N) is 2. The second kappa shape index (κ2) is 18.6. The molecule has 2 aromatic carbocycles. The van der Waals surface area contributed by atoms with Crippen LogP contribution in [-0.4, -0.2) is 52.7 Å². The predicted molar refractivity (Wildman–Crippen MR) is 176 cm³/mol. The maximum absolute atomic E-state index is 13.1. The molecule has 4 N–H and O–H groups in total. The van der Waals surface area contributed by atoms with Gasteiger partial charge in [-0.3, -0.25) is 24.0 Å². The maximum atomic E-state index is 13.1. The van der Waals surface area contributed by atoms with Gasteiger partial charge in [0.05, 0.1) is 12.2 Å². The number of carbonyl (C=O) groups is 5. The lowest BCUT2D eigenvalue weighted by Crippen LogP contribution is -2.33. The second-order valence-corrected chi connectivity index (χ2v) is 11.1. The van der Waals surface area contributed by atoms with E-state index in [4.69, 9.17) is 10.8 Å². The van der Waals surface area contributed by atoms with Crippen LogP contribution < -0.4 is 16.0 Å². The summed E-state index contributed by atoms with van der Waals surface area (Å²) in [5.41, 5.74) is 9.18. The number of para-hydroxylation sites is 1. The van der Waals surface area contributed by atoms with Crippen LogP contribution in [0.3, 0.4) is 0 Å². The summed E-state index contributed by atoms with van der Waals surface area (Å²) in [5.74, 6) is 4.98. The molecule has 46 heavy (non-hydrogen) atoms. The van der Waals surface area contributed by atoms with Gasteiger partial charge in [-0.1, -0.05) is 61.6 Å². The molecular weight excluding hydrogens is 584 g/mol. The van der Waals surface area contributed by atoms with Crippen molar-refractivity contribution in [2.24, 2.45) is 5.73 Å². The summed E-state index contributed by atoms with van der Waals surface area (Å²) < 4.78 is 0. The molecule has 10 heteroatoms. The van der Waals surface area contributed by atoms with E-state index in [0.29, 0.717) is 32.5 Å². The number of carboxylic acid groups (broad SMARTS) is 1. The Hall–Kier alpha value is -5.17. The molecule has 4 amide bonds. The van der Waals surface area contributed by atoms with Gasteiger partial charge in [0.15, 0.2) is 0 Å². The Balaban J connectivity index is 0.000000322. The number of aliphatic carboxylic acids is 1. The summed E-state index contributed by atoms with van der Waals surface area (Å²) >= 11 is 0. The lowest BCUT2D eigenvalue weighted by Gasteiger charge is -2.26. The number of anilines is 1. The number of benzene rings is 2. The molecule has 4 rings (SSSR count). The number of amides is 4. The molecule has 0 saturated carbocycles. The van der Waals surface area contributed by atoms with E-state index < -0.39 is 5.97 Å². The Morgan fingerprint density at radius 3 is 2.22 bits per heavy atom. The summed E-state index contributed by atoms with van der Waals surface area (Å²) in [4.78, 5) is 60.8. The molecule has 2 aliphatic rings. The van der Waals surface area contributed by atoms with Gasteiger partial charge in [0, 0.05) is 61.7 Å². The molecule has 2 heterocycles. The number of unbranched alkanes of at least 4 members (excludes halogenated alkanes) is 4. The fraction of sp³-hybridized carbons (Fsp3) is 0.361. The average molecular weight is 627 g/mol. The van der Waals surface area contributed by atoms with Crippen molar-refractivity contribution in [3.63, 3.8) is 0 Å². The molecule has 0 spiro atoms. The molecule has 0 aromatic heterocycles. The highest BCUT2D eigenvalue weighted by Gasteiger charge is 2.22. The van der Waals surface area contributed by atoms with Crippen LogP contribution in [0.15, 0.2) is 73.0 Å². The summed E-state index contributed by atoms with van der Waals surface area (Å²) in [6.07, 6.45) is 8.66. The van der Waals surface area contributed by atoms with Gasteiger partial charge in [0.2, 0.25) is 17.7 Å². The predicted octanol–water partition coefficient (Wildman–Crippen LogP) is 4.42. The Labute approximate surface area is 270 Å². The van der Waals surface area contributed by atoms with Crippen molar-refractivity contribution in [2.75, 3.05) is 18.0 Å². The van der Waals surface area contributed by atoms with E-state index in [1.165, 1.54) is 6.08 Å². The average Bonchev–Trinajstić information content (AvgIpc) is 3.35. The number of hydrogen-bond acceptors (Lipinski definition) is 5. The summed E-state index contributed by atoms with van der Waals surface area (Å²) in [6.45, 7) is 5.32. The first kappa shape index (κ1) is 35.3. The number of carbonyl (C=O) groups excluding carboxylic acids is 4. The molecule has 0 radical (unpaired) electrons. The van der Waals surface area contributed by atoms with Crippen LogP contribution in [0.25, 0.3) is 0 Å². The Morgan fingerprint density at radius 1 is 0.826 bits per heavy atom. The van der Waals surface area contributed by atoms with Crippen molar-refractivity contribution in [1.29, 1.82) is 0 Å². The molecule has 10 nitrogen and oxygen atoms in total. The number of allylic oxidation sites excluding steroid dienone is 1. The first-order valence-electron chi connectivity index (χ1n) is 15.6. The van der Waals surface area contributed by atoms with Crippen LogP contribution >= 0.6 is 0 Å². The standard InChI is InChI=1S/C25H26N2O4.C11H16N2O2/c28-23(26-17-7-1-2-12-25(30)31)15-16-24(29)27-18-21-10-4-3-8-19(21)13-14-20-9-5-6-11-22(20)27;1-9-6-7-11(15)13(9)8-4-2-3-5-10(12)14/h3-6,8-11H,1-2,7,12,15-18H2,(H,26,28)(H,30,31);6-7H,1-5,8H2,(H2,12,14). The molecule has 0 unspecified atom stereocenters. The van der Waals surface area contributed by atoms with Gasteiger partial charge >= 0.3 is 5.97 Å². The van der Waals surface area contributed by atoms with E-state index in [-0.39, 0.29) is 42.9 Å². The van der Waals surface area contributed by atoms with E-state index in [0.717, 1.165) is 60.2 Å². The fourth-order valence-corrected chi connectivity index (χ4v) is 4.95. The van der Waals surface area contributed by atoms with Crippen molar-refractivity contribution in [2.45, 2.75) is 70.8 Å². The topological polar surface area (TPSA) is 150 Å². The number of hydrogen-bond donors (Lipinski definition) is 3. The van der Waals surface area contributed by atoms with Gasteiger partial charge in [-0.25, -0.2) is 0 Å². The first-order chi connectivity index (χ1) is 22.2. The van der Waals surface area contributed by atoms with E-state index in [9.17, 15) is 24.0 Å². The number of nitrogens with one attached hydrogen (secondary N) is 1. The smallest absolute Gasteiger partial charge is 0.303 e. The summed E-state index contributed by atoms with van der Waals surface area (Å²) in [6, 6.07) is 15.3. The summed E-state index contributed by atoms with van der Waals surface area (Å²) in [5, 5.41) is 11.4. The molecule has 0 fully saturated rings. The highest BCUT2D eigenvalue weighted by atomic mass is 16.4. The van der Waals surface area contributed by atoms with Gasteiger partial charge in [0.1, 0.15) is 0 Å². The maximum Gasteiger partial charge on any atom is 0.303 e. The van der Waals surface area contributed by atoms with Crippen LogP contribution in [-0.2, 0) is 30.5 Å². The zero-order valence-electron chi connectivity index (χ0n) is 26.1. The van der Waals surface area contributed by atoms with Gasteiger partial charge in [-0.2, -0.15) is 0 Å². The minimum atomic E-state index is -0.804. The van der Waals surface area contributed by atoms with E-state index in [1.54, 1.807) is 15.9 Å². The lowest BCUT2D eigenvalue weighted by molar-refractivity contribution is -0.137. The second-order valence-electron chi connectivity index (χ2n) is 11.1. The third-order valence-corrected chi connectivity index (χ3v) is 7.46. The number of carboxylic acids is 1. The van der Waals surface area contributed by atoms with Crippen LogP contribution in [0.1, 0.15) is 80.9 Å². The van der Waals surface area contributed by atoms with Gasteiger partial charge < -0.3 is 26.0 Å². The number of primary amides is 1. The molecule has 242 valence electrons. The quantitative estimate of drug-likeness (QED) is 0.197. The Kier molecular flexibility index (Phi) is 14.3. The van der Waals surface area contributed by atoms with Crippen LogP contribution in [0.2, 0.25) is 0 Å². The third-order valence-electron chi connectivity index (χ3n) is 7.46. The monoisotopic (exact) mass is 626 g/mol. The minimum Gasteiger partial charge on any atom is -0.481 e. The number of rotatable bonds is 15. The molecule has 0 atom stereocenters. The van der Waals surface area contributed by atoms with Crippen LogP contribution in [0, 0.1) is 11.8 Å². The molecule has 0 aliphatic carbocycles. The van der Waals surface area contributed by atoms with Crippen molar-refractivity contribution >= 4 is 35.3 Å². The van der Waals surface area contributed by atoms with Crippen molar-refractivity contribution in [3.8, 4) is 11.8 Å². The lowest BCUT2D eigenvalue weighted by atomic mass is 10.0. The van der Waals surface area contributed by atoms with E-state index in [2.05, 4.69) is 23.7 Å². The molecule has 0 bridgehead atoms. The van der Waals surface area contributed by atoms with Crippen molar-refractivity contribution in [1.82, 2.24) is 10.2 Å².